The SMILES string of the molecule is CN(C)c1ccc2c(c1)OC([As])=C(C#N)C2c1cc(Br)c2c(c1)OCO2. The van der Waals surface area contributed by atoms with Gasteiger partial charge in [0, 0.05) is 0 Å². The molecule has 0 spiro atoms. The fraction of sp³-hybridized carbons (Fsp3) is 0.211. The van der Waals surface area contributed by atoms with Crippen molar-refractivity contribution < 1.29 is 14.2 Å². The molecular formula is C19H14AsBrN2O3. The second-order valence-corrected chi connectivity index (χ2v) is 7.93. The molecule has 0 saturated heterocycles. The maximum absolute atomic E-state index is 9.75. The van der Waals surface area contributed by atoms with Gasteiger partial charge in [-0.2, -0.15) is 0 Å². The van der Waals surface area contributed by atoms with E-state index in [4.69, 9.17) is 14.2 Å². The van der Waals surface area contributed by atoms with Crippen molar-refractivity contribution in [2.75, 3.05) is 25.8 Å². The molecule has 26 heavy (non-hydrogen) atoms. The van der Waals surface area contributed by atoms with E-state index in [1.165, 1.54) is 0 Å². The molecule has 2 heterocycles. The normalized spacial score (nSPS) is 17.4. The second kappa shape index (κ2) is 6.57. The van der Waals surface area contributed by atoms with Gasteiger partial charge in [-0.1, -0.05) is 0 Å². The fourth-order valence-corrected chi connectivity index (χ4v) is 4.34. The summed E-state index contributed by atoms with van der Waals surface area (Å²) in [5.74, 6) is 1.89. The molecule has 2 aromatic rings. The summed E-state index contributed by atoms with van der Waals surface area (Å²) in [6, 6.07) is 12.3. The van der Waals surface area contributed by atoms with Crippen LogP contribution in [0.3, 0.4) is 0 Å². The standard InChI is InChI=1S/C19H14AsBrN2O3/c1-23(2)11-3-4-12-15(7-11)26-19(20)13(8-22)17(12)10-5-14(21)18-16(6-10)24-9-25-18/h3-7,17H,9H2,1-2H3. The van der Waals surface area contributed by atoms with Gasteiger partial charge in [0.2, 0.25) is 0 Å². The predicted octanol–water partition coefficient (Wildman–Crippen LogP) is 3.67. The summed E-state index contributed by atoms with van der Waals surface area (Å²) in [5.41, 5.74) is 3.51. The molecule has 0 amide bonds. The maximum atomic E-state index is 9.75. The van der Waals surface area contributed by atoms with Gasteiger partial charge in [0.25, 0.3) is 0 Å². The van der Waals surface area contributed by atoms with Gasteiger partial charge < -0.3 is 0 Å². The van der Waals surface area contributed by atoms with Crippen molar-refractivity contribution in [3.05, 3.63) is 56.1 Å². The predicted molar refractivity (Wildman–Crippen MR) is 102 cm³/mol. The summed E-state index contributed by atoms with van der Waals surface area (Å²) in [4.78, 5) is 2.02. The first-order valence-electron chi connectivity index (χ1n) is 7.91. The molecule has 2 aromatic carbocycles. The number of fused-ring (bicyclic) bond motifs is 2. The molecule has 4 rings (SSSR count). The second-order valence-electron chi connectivity index (χ2n) is 6.22. The zero-order valence-corrected chi connectivity index (χ0v) is 17.6. The molecule has 0 aromatic heterocycles. The summed E-state index contributed by atoms with van der Waals surface area (Å²) in [6.07, 6.45) is 0. The van der Waals surface area contributed by atoms with Gasteiger partial charge in [0.15, 0.2) is 0 Å². The van der Waals surface area contributed by atoms with Gasteiger partial charge in [-0.25, -0.2) is 0 Å². The number of nitrogens with zero attached hydrogens (tertiary/aromatic N) is 2. The van der Waals surface area contributed by atoms with E-state index in [1.54, 1.807) is 0 Å². The summed E-state index contributed by atoms with van der Waals surface area (Å²) in [6.45, 7) is 0.199. The first-order valence-corrected chi connectivity index (χ1v) is 9.64. The summed E-state index contributed by atoms with van der Waals surface area (Å²) >= 11 is 5.91. The van der Waals surface area contributed by atoms with Crippen LogP contribution in [-0.2, 0) is 0 Å². The quantitative estimate of drug-likeness (QED) is 0.624. The van der Waals surface area contributed by atoms with E-state index in [9.17, 15) is 5.26 Å². The van der Waals surface area contributed by atoms with E-state index >= 15 is 0 Å². The molecule has 7 heteroatoms. The van der Waals surface area contributed by atoms with Crippen LogP contribution < -0.4 is 19.1 Å². The van der Waals surface area contributed by atoms with Crippen LogP contribution in [0.25, 0.3) is 0 Å². The molecule has 0 saturated carbocycles. The molecule has 1 atom stereocenters. The number of benzene rings is 2. The van der Waals surface area contributed by atoms with Gasteiger partial charge in [-0.05, 0) is 0 Å². The van der Waals surface area contributed by atoms with Crippen LogP contribution in [0.2, 0.25) is 0 Å². The molecule has 0 aliphatic carbocycles. The molecule has 0 fully saturated rings. The van der Waals surface area contributed by atoms with E-state index in [-0.39, 0.29) is 12.7 Å². The molecule has 0 bridgehead atoms. The summed E-state index contributed by atoms with van der Waals surface area (Å²) in [7, 11) is 3.97. The van der Waals surface area contributed by atoms with Crippen molar-refractivity contribution in [1.82, 2.24) is 0 Å². The van der Waals surface area contributed by atoms with Crippen LogP contribution in [0, 0.1) is 11.3 Å². The molecule has 5 nitrogen and oxygen atoms in total. The Morgan fingerprint density at radius 2 is 2.00 bits per heavy atom. The first kappa shape index (κ1) is 17.3. The number of nitriles is 1. The van der Waals surface area contributed by atoms with Crippen molar-refractivity contribution in [1.29, 1.82) is 5.26 Å². The zero-order chi connectivity index (χ0) is 18.4. The number of hydrogen-bond donors (Lipinski definition) is 0. The zero-order valence-electron chi connectivity index (χ0n) is 14.1. The van der Waals surface area contributed by atoms with Crippen molar-refractivity contribution in [3.63, 3.8) is 0 Å². The number of rotatable bonds is 2. The monoisotopic (exact) mass is 472 g/mol. The van der Waals surface area contributed by atoms with E-state index in [1.807, 2.05) is 49.3 Å². The Hall–Kier alpha value is -2.09. The third-order valence-electron chi connectivity index (χ3n) is 4.45. The van der Waals surface area contributed by atoms with Gasteiger partial charge in [0.1, 0.15) is 0 Å². The summed E-state index contributed by atoms with van der Waals surface area (Å²) in [5, 5.41) is 9.75. The van der Waals surface area contributed by atoms with Crippen LogP contribution in [0.1, 0.15) is 17.0 Å². The molecule has 2 radical (unpaired) electrons. The Morgan fingerprint density at radius 3 is 2.73 bits per heavy atom. The third-order valence-corrected chi connectivity index (χ3v) is 5.74. The van der Waals surface area contributed by atoms with Crippen molar-refractivity contribution in [3.8, 4) is 23.3 Å². The number of anilines is 1. The number of halogens is 1. The average molecular weight is 473 g/mol. The Labute approximate surface area is 168 Å². The fourth-order valence-electron chi connectivity index (χ4n) is 3.18. The van der Waals surface area contributed by atoms with Gasteiger partial charge in [0.05, 0.1) is 0 Å². The first-order chi connectivity index (χ1) is 12.5. The van der Waals surface area contributed by atoms with Gasteiger partial charge in [-0.15, -0.1) is 0 Å². The molecule has 2 aliphatic heterocycles. The van der Waals surface area contributed by atoms with Crippen LogP contribution in [0.4, 0.5) is 5.69 Å². The van der Waals surface area contributed by atoms with Crippen molar-refractivity contribution >= 4 is 38.5 Å². The van der Waals surface area contributed by atoms with E-state index in [0.29, 0.717) is 21.6 Å². The van der Waals surface area contributed by atoms with E-state index in [2.05, 4.69) is 38.9 Å². The Kier molecular flexibility index (Phi) is 4.38. The average Bonchev–Trinajstić information content (AvgIpc) is 3.09. The number of ether oxygens (including phenoxy) is 3. The van der Waals surface area contributed by atoms with Gasteiger partial charge >= 0.3 is 169 Å². The van der Waals surface area contributed by atoms with E-state index in [0.717, 1.165) is 27.0 Å². The van der Waals surface area contributed by atoms with E-state index < -0.39 is 0 Å². The van der Waals surface area contributed by atoms with Crippen LogP contribution in [0.5, 0.6) is 17.2 Å². The van der Waals surface area contributed by atoms with Crippen molar-refractivity contribution in [2.24, 2.45) is 0 Å². The molecule has 2 aliphatic rings. The summed E-state index contributed by atoms with van der Waals surface area (Å²) < 4.78 is 18.3. The third kappa shape index (κ3) is 2.76. The topological polar surface area (TPSA) is 54.7 Å². The Bertz CT molecular complexity index is 981. The molecule has 130 valence electrons. The molecule has 0 N–H and O–H groups in total. The number of hydrogen-bond acceptors (Lipinski definition) is 5. The van der Waals surface area contributed by atoms with Crippen LogP contribution >= 0.6 is 15.9 Å². The van der Waals surface area contributed by atoms with Gasteiger partial charge in [-0.3, -0.25) is 0 Å². The van der Waals surface area contributed by atoms with Crippen LogP contribution in [0.15, 0.2) is 44.9 Å². The van der Waals surface area contributed by atoms with Crippen molar-refractivity contribution in [2.45, 2.75) is 5.92 Å². The van der Waals surface area contributed by atoms with Crippen LogP contribution in [-0.4, -0.2) is 37.7 Å². The number of allylic oxidation sites excluding steroid dienone is 1. The minimum absolute atomic E-state index is 0.199. The Morgan fingerprint density at radius 1 is 1.19 bits per heavy atom. The Balaban J connectivity index is 1.90. The molecular weight excluding hydrogens is 459 g/mol. The molecule has 1 unspecified atom stereocenters. The minimum atomic E-state index is -0.233.